The number of likely N-dealkylation sites (tertiary alicyclic amines) is 1. The van der Waals surface area contributed by atoms with Crippen molar-refractivity contribution in [1.82, 2.24) is 19.8 Å². The summed E-state index contributed by atoms with van der Waals surface area (Å²) in [4.78, 5) is 37.6. The zero-order valence-electron chi connectivity index (χ0n) is 15.0. The molecule has 25 heavy (non-hydrogen) atoms. The van der Waals surface area contributed by atoms with Crippen molar-refractivity contribution in [2.45, 2.75) is 25.3 Å². The van der Waals surface area contributed by atoms with Crippen LogP contribution in [0.25, 0.3) is 0 Å². The Hall–Kier alpha value is -2.22. The van der Waals surface area contributed by atoms with Crippen molar-refractivity contribution in [2.24, 2.45) is 5.41 Å². The molecule has 1 N–H and O–H groups in total. The summed E-state index contributed by atoms with van der Waals surface area (Å²) >= 11 is 0. The van der Waals surface area contributed by atoms with Gasteiger partial charge in [0.15, 0.2) is 0 Å². The van der Waals surface area contributed by atoms with Crippen LogP contribution in [-0.4, -0.2) is 83.6 Å². The van der Waals surface area contributed by atoms with Gasteiger partial charge in [-0.15, -0.1) is 0 Å². The Morgan fingerprint density at radius 3 is 2.52 bits per heavy atom. The van der Waals surface area contributed by atoms with Crippen LogP contribution in [0.3, 0.4) is 0 Å². The normalized spacial score (nSPS) is 23.0. The number of carboxylic acids is 1. The molecule has 0 aliphatic carbocycles. The molecule has 0 aromatic carbocycles. The molecule has 1 spiro atoms. The van der Waals surface area contributed by atoms with Gasteiger partial charge >= 0.3 is 5.97 Å². The van der Waals surface area contributed by atoms with Gasteiger partial charge in [-0.2, -0.15) is 0 Å². The van der Waals surface area contributed by atoms with Crippen LogP contribution in [0.2, 0.25) is 0 Å². The van der Waals surface area contributed by atoms with E-state index in [1.807, 2.05) is 11.9 Å². The molecule has 3 heterocycles. The summed E-state index contributed by atoms with van der Waals surface area (Å²) in [5.41, 5.74) is 0.410. The largest absolute Gasteiger partial charge is 0.480 e. The van der Waals surface area contributed by atoms with Crippen molar-refractivity contribution in [3.05, 3.63) is 18.1 Å². The molecule has 1 aromatic rings. The maximum Gasteiger partial charge on any atom is 0.320 e. The van der Waals surface area contributed by atoms with Gasteiger partial charge in [0.25, 0.3) is 5.91 Å². The minimum absolute atomic E-state index is 0.0683. The Kier molecular flexibility index (Phi) is 4.64. The van der Waals surface area contributed by atoms with Gasteiger partial charge in [0, 0.05) is 33.7 Å². The van der Waals surface area contributed by atoms with Crippen molar-refractivity contribution in [3.8, 4) is 0 Å². The summed E-state index contributed by atoms with van der Waals surface area (Å²) in [7, 11) is 5.27. The zero-order valence-corrected chi connectivity index (χ0v) is 15.0. The highest BCUT2D eigenvalue weighted by Crippen LogP contribution is 2.43. The summed E-state index contributed by atoms with van der Waals surface area (Å²) in [5.74, 6) is -0.184. The third-order valence-corrected chi connectivity index (χ3v) is 5.42. The van der Waals surface area contributed by atoms with Crippen molar-refractivity contribution in [3.63, 3.8) is 0 Å². The molecule has 2 fully saturated rings. The number of likely N-dealkylation sites (N-methyl/N-ethyl adjacent to an activating group) is 1. The molecular weight excluding hydrogens is 322 g/mol. The van der Waals surface area contributed by atoms with E-state index >= 15 is 0 Å². The fourth-order valence-corrected chi connectivity index (χ4v) is 3.96. The molecule has 136 valence electrons. The molecule has 0 unspecified atom stereocenters. The fourth-order valence-electron chi connectivity index (χ4n) is 3.96. The van der Waals surface area contributed by atoms with E-state index in [-0.39, 0.29) is 17.4 Å². The van der Waals surface area contributed by atoms with Crippen LogP contribution in [0.4, 0.5) is 5.82 Å². The van der Waals surface area contributed by atoms with Crippen molar-refractivity contribution in [2.75, 3.05) is 45.7 Å². The molecule has 0 bridgehead atoms. The third kappa shape index (κ3) is 3.44. The Balaban J connectivity index is 1.68. The number of anilines is 1. The summed E-state index contributed by atoms with van der Waals surface area (Å²) < 4.78 is 0. The first kappa shape index (κ1) is 17.6. The Labute approximate surface area is 147 Å². The van der Waals surface area contributed by atoms with Gasteiger partial charge in [0.2, 0.25) is 0 Å². The van der Waals surface area contributed by atoms with Crippen LogP contribution in [0, 0.1) is 5.41 Å². The molecule has 2 aliphatic heterocycles. The molecule has 1 atom stereocenters. The molecule has 8 nitrogen and oxygen atoms in total. The highest BCUT2D eigenvalue weighted by molar-refractivity contribution is 5.91. The van der Waals surface area contributed by atoms with Crippen LogP contribution in [0.15, 0.2) is 12.4 Å². The van der Waals surface area contributed by atoms with Crippen LogP contribution in [0.1, 0.15) is 29.8 Å². The first-order chi connectivity index (χ1) is 11.8. The maximum absolute atomic E-state index is 12.1. The molecule has 2 saturated heterocycles. The number of piperidine rings is 1. The van der Waals surface area contributed by atoms with Crippen molar-refractivity contribution < 1.29 is 14.7 Å². The third-order valence-electron chi connectivity index (χ3n) is 5.42. The average Bonchev–Trinajstić information content (AvgIpc) is 2.91. The van der Waals surface area contributed by atoms with Gasteiger partial charge in [-0.1, -0.05) is 0 Å². The summed E-state index contributed by atoms with van der Waals surface area (Å²) in [6.07, 6.45) is 5.73. The number of nitrogens with zero attached hydrogens (tertiary/aromatic N) is 5. The van der Waals surface area contributed by atoms with Gasteiger partial charge in [0.1, 0.15) is 17.6 Å². The van der Waals surface area contributed by atoms with Crippen LogP contribution in [-0.2, 0) is 4.79 Å². The standard InChI is InChI=1S/C17H25N5O3/c1-20(2)15(23)12-9-18-10-14(19-12)22-6-4-17(5-7-22)8-13(16(24)25)21(3)11-17/h9-10,13H,4-8,11H2,1-3H3,(H,24,25)/t13-/m0/s1. The number of aliphatic carboxylic acids is 1. The van der Waals surface area contributed by atoms with Gasteiger partial charge in [-0.25, -0.2) is 4.98 Å². The highest BCUT2D eigenvalue weighted by Gasteiger charge is 2.46. The van der Waals surface area contributed by atoms with Crippen LogP contribution < -0.4 is 4.90 Å². The van der Waals surface area contributed by atoms with E-state index in [0.29, 0.717) is 17.9 Å². The first-order valence-electron chi connectivity index (χ1n) is 8.53. The monoisotopic (exact) mass is 347 g/mol. The molecule has 1 aromatic heterocycles. The van der Waals surface area contributed by atoms with E-state index in [1.54, 1.807) is 20.3 Å². The van der Waals surface area contributed by atoms with Crippen LogP contribution >= 0.6 is 0 Å². The van der Waals surface area contributed by atoms with Gasteiger partial charge < -0.3 is 14.9 Å². The second-order valence-corrected chi connectivity index (χ2v) is 7.42. The van der Waals surface area contributed by atoms with E-state index in [9.17, 15) is 14.7 Å². The van der Waals surface area contributed by atoms with E-state index < -0.39 is 5.97 Å². The van der Waals surface area contributed by atoms with E-state index in [0.717, 1.165) is 32.5 Å². The number of aromatic nitrogens is 2. The lowest BCUT2D eigenvalue weighted by Gasteiger charge is -2.39. The van der Waals surface area contributed by atoms with Crippen molar-refractivity contribution in [1.29, 1.82) is 0 Å². The topological polar surface area (TPSA) is 89.9 Å². The van der Waals surface area contributed by atoms with E-state index in [1.165, 1.54) is 11.1 Å². The Bertz CT molecular complexity index is 670. The second-order valence-electron chi connectivity index (χ2n) is 7.42. The van der Waals surface area contributed by atoms with E-state index in [4.69, 9.17) is 0 Å². The lowest BCUT2D eigenvalue weighted by Crippen LogP contribution is -2.42. The molecule has 0 saturated carbocycles. The zero-order chi connectivity index (χ0) is 18.2. The lowest BCUT2D eigenvalue weighted by atomic mass is 9.76. The number of amides is 1. The minimum atomic E-state index is -0.734. The average molecular weight is 347 g/mol. The maximum atomic E-state index is 12.1. The van der Waals surface area contributed by atoms with Gasteiger partial charge in [-0.05, 0) is 31.7 Å². The molecule has 3 rings (SSSR count). The van der Waals surface area contributed by atoms with Gasteiger partial charge in [0.05, 0.1) is 12.4 Å². The molecular formula is C17H25N5O3. The van der Waals surface area contributed by atoms with Crippen LogP contribution in [0.5, 0.6) is 0 Å². The number of carboxylic acid groups (broad SMARTS) is 1. The summed E-state index contributed by atoms with van der Waals surface area (Å²) in [6, 6.07) is -0.382. The minimum Gasteiger partial charge on any atom is -0.480 e. The first-order valence-corrected chi connectivity index (χ1v) is 8.53. The number of hydrogen-bond acceptors (Lipinski definition) is 6. The van der Waals surface area contributed by atoms with E-state index in [2.05, 4.69) is 14.9 Å². The molecule has 8 heteroatoms. The molecule has 1 amide bonds. The van der Waals surface area contributed by atoms with Gasteiger partial charge in [-0.3, -0.25) is 19.5 Å². The number of carbonyl (C=O) groups is 2. The predicted molar refractivity (Wildman–Crippen MR) is 92.6 cm³/mol. The summed E-state index contributed by atoms with van der Waals surface area (Å²) in [6.45, 7) is 2.42. The number of rotatable bonds is 3. The smallest absolute Gasteiger partial charge is 0.320 e. The quantitative estimate of drug-likeness (QED) is 0.854. The molecule has 2 aliphatic rings. The number of hydrogen-bond donors (Lipinski definition) is 1. The Morgan fingerprint density at radius 2 is 1.96 bits per heavy atom. The lowest BCUT2D eigenvalue weighted by molar-refractivity contribution is -0.141. The fraction of sp³-hybridized carbons (Fsp3) is 0.647. The second kappa shape index (κ2) is 6.59. The summed E-state index contributed by atoms with van der Waals surface area (Å²) in [5, 5.41) is 9.35. The van der Waals surface area contributed by atoms with Crippen molar-refractivity contribution >= 4 is 17.7 Å². The number of carbonyl (C=O) groups excluding carboxylic acids is 1. The SMILES string of the molecule is CN(C)C(=O)c1cncc(N2CCC3(CC2)C[C@@H](C(=O)O)N(C)C3)n1. The molecule has 0 radical (unpaired) electrons. The Morgan fingerprint density at radius 1 is 1.28 bits per heavy atom. The predicted octanol–water partition coefficient (Wildman–Crippen LogP) is 0.554. The highest BCUT2D eigenvalue weighted by atomic mass is 16.4.